The lowest BCUT2D eigenvalue weighted by atomic mass is 10.2. The first-order valence-electron chi connectivity index (χ1n) is 3.39. The summed E-state index contributed by atoms with van der Waals surface area (Å²) in [5.74, 6) is -1.64. The zero-order valence-corrected chi connectivity index (χ0v) is 8.05. The summed E-state index contributed by atoms with van der Waals surface area (Å²) >= 11 is 0. The van der Waals surface area contributed by atoms with Crippen molar-refractivity contribution in [1.29, 1.82) is 0 Å². The highest BCUT2D eigenvalue weighted by Gasteiger charge is 2.11. The maximum atomic E-state index is 10.1. The van der Waals surface area contributed by atoms with Crippen LogP contribution in [0.1, 0.15) is 12.8 Å². The molecule has 0 bridgehead atoms. The smallest absolute Gasteiger partial charge is 0.480 e. The van der Waals surface area contributed by atoms with Crippen molar-refractivity contribution in [2.24, 2.45) is 11.5 Å². The molecule has 1 atom stereocenters. The molecule has 0 aromatic carbocycles. The Labute approximate surface area is 80.5 Å². The van der Waals surface area contributed by atoms with Crippen LogP contribution >= 0.6 is 8.25 Å². The first-order chi connectivity index (χ1) is 6.27. The molecule has 7 N–H and O–H groups in total. The third-order valence-corrected chi connectivity index (χ3v) is 1.02. The number of amides is 1. The first-order valence-corrected chi connectivity index (χ1v) is 4.55. The first kappa shape index (κ1) is 15.4. The van der Waals surface area contributed by atoms with Gasteiger partial charge in [0.2, 0.25) is 5.91 Å². The predicted molar refractivity (Wildman–Crippen MR) is 46.1 cm³/mol. The lowest BCUT2D eigenvalue weighted by Gasteiger charge is -2.01. The normalized spacial score (nSPS) is 10.8. The molecule has 1 unspecified atom stereocenters. The molecule has 14 heavy (non-hydrogen) atoms. The van der Waals surface area contributed by atoms with Crippen LogP contribution in [0.15, 0.2) is 0 Å². The Hall–Kier alpha value is -1.08. The molecule has 0 spiro atoms. The van der Waals surface area contributed by atoms with E-state index in [4.69, 9.17) is 30.9 Å². The molecule has 0 fully saturated rings. The molecule has 9 heteroatoms. The molecule has 0 aromatic heterocycles. The van der Waals surface area contributed by atoms with Gasteiger partial charge >= 0.3 is 14.2 Å². The number of aliphatic carboxylic acids is 1. The molecular weight excluding hydrogens is 215 g/mol. The zero-order chi connectivity index (χ0) is 11.7. The second kappa shape index (κ2) is 8.52. The van der Waals surface area contributed by atoms with E-state index in [-0.39, 0.29) is 12.8 Å². The SMILES string of the molecule is NC(=O)CCC(N)C(=O)O.O=[P+](O)O. The van der Waals surface area contributed by atoms with Gasteiger partial charge in [-0.25, -0.2) is 0 Å². The molecular formula is C5H12N2O6P+. The standard InChI is InChI=1S/C5H10N2O3.HO3P/c6-3(5(9)10)1-2-4(7)8;1-4(2)3/h3H,1-2,6H2,(H2,7,8)(H,9,10);(H-,1,2,3)/p+1. The molecule has 0 heterocycles. The third kappa shape index (κ3) is 17.1. The Morgan fingerprint density at radius 2 is 1.71 bits per heavy atom. The van der Waals surface area contributed by atoms with Crippen molar-refractivity contribution in [2.75, 3.05) is 0 Å². The van der Waals surface area contributed by atoms with Gasteiger partial charge in [0.05, 0.1) is 0 Å². The van der Waals surface area contributed by atoms with E-state index in [0.717, 1.165) is 0 Å². The quantitative estimate of drug-likeness (QED) is 0.357. The lowest BCUT2D eigenvalue weighted by molar-refractivity contribution is -0.138. The van der Waals surface area contributed by atoms with Gasteiger partial charge in [0.15, 0.2) is 0 Å². The summed E-state index contributed by atoms with van der Waals surface area (Å²) in [4.78, 5) is 34.4. The number of primary amides is 1. The minimum absolute atomic E-state index is 0.0213. The van der Waals surface area contributed by atoms with E-state index in [0.29, 0.717) is 0 Å². The Balaban J connectivity index is 0. The van der Waals surface area contributed by atoms with Crippen molar-refractivity contribution < 1.29 is 29.0 Å². The Kier molecular flexibility index (Phi) is 9.36. The van der Waals surface area contributed by atoms with Crippen LogP contribution in [0.2, 0.25) is 0 Å². The van der Waals surface area contributed by atoms with Gasteiger partial charge in [-0.3, -0.25) is 9.59 Å². The number of carboxylic acids is 1. The molecule has 0 aromatic rings. The van der Waals surface area contributed by atoms with Crippen LogP contribution in [0.3, 0.4) is 0 Å². The molecule has 0 radical (unpaired) electrons. The number of carboxylic acid groups (broad SMARTS) is 1. The predicted octanol–water partition coefficient (Wildman–Crippen LogP) is -1.71. The number of nitrogens with two attached hydrogens (primary N) is 2. The number of carbonyl (C=O) groups is 2. The highest BCUT2D eigenvalue weighted by atomic mass is 31.1. The molecule has 8 nitrogen and oxygen atoms in total. The third-order valence-electron chi connectivity index (χ3n) is 1.02. The van der Waals surface area contributed by atoms with Crippen molar-refractivity contribution in [2.45, 2.75) is 18.9 Å². The topological polar surface area (TPSA) is 164 Å². The minimum Gasteiger partial charge on any atom is -0.480 e. The highest BCUT2D eigenvalue weighted by molar-refractivity contribution is 7.30. The van der Waals surface area contributed by atoms with Gasteiger partial charge in [0, 0.05) is 11.0 Å². The van der Waals surface area contributed by atoms with Crippen molar-refractivity contribution in [3.05, 3.63) is 0 Å². The Morgan fingerprint density at radius 1 is 1.36 bits per heavy atom. The lowest BCUT2D eigenvalue weighted by Crippen LogP contribution is -2.31. The molecule has 1 amide bonds. The number of carbonyl (C=O) groups excluding carboxylic acids is 1. The summed E-state index contributed by atoms with van der Waals surface area (Å²) < 4.78 is 8.70. The largest absolute Gasteiger partial charge is 0.692 e. The summed E-state index contributed by atoms with van der Waals surface area (Å²) in [5.41, 5.74) is 9.81. The minimum atomic E-state index is -2.87. The van der Waals surface area contributed by atoms with Crippen molar-refractivity contribution >= 4 is 20.1 Å². The maximum absolute atomic E-state index is 10.1. The van der Waals surface area contributed by atoms with E-state index in [1.54, 1.807) is 0 Å². The number of rotatable bonds is 4. The molecule has 0 saturated carbocycles. The van der Waals surface area contributed by atoms with Gasteiger partial charge in [-0.05, 0) is 6.42 Å². The van der Waals surface area contributed by atoms with Gasteiger partial charge in [-0.15, -0.1) is 9.79 Å². The fraction of sp³-hybridized carbons (Fsp3) is 0.600. The van der Waals surface area contributed by atoms with Crippen LogP contribution in [-0.2, 0) is 14.2 Å². The molecule has 0 aliphatic carbocycles. The summed E-state index contributed by atoms with van der Waals surface area (Å²) in [6.07, 6.45) is 0.123. The summed E-state index contributed by atoms with van der Waals surface area (Å²) in [5, 5.41) is 8.22. The van der Waals surface area contributed by atoms with Gasteiger partial charge < -0.3 is 16.6 Å². The average molecular weight is 227 g/mol. The molecule has 0 saturated heterocycles. The number of hydrogen-bond donors (Lipinski definition) is 5. The van der Waals surface area contributed by atoms with E-state index < -0.39 is 26.2 Å². The monoisotopic (exact) mass is 227 g/mol. The molecule has 0 aliphatic rings. The molecule has 82 valence electrons. The van der Waals surface area contributed by atoms with E-state index in [1.165, 1.54) is 0 Å². The highest BCUT2D eigenvalue weighted by Crippen LogP contribution is 1.98. The van der Waals surface area contributed by atoms with Crippen LogP contribution in [-0.4, -0.2) is 32.8 Å². The molecule has 0 aliphatic heterocycles. The fourth-order valence-electron chi connectivity index (χ4n) is 0.421. The number of hydrogen-bond acceptors (Lipinski definition) is 4. The van der Waals surface area contributed by atoms with Crippen molar-refractivity contribution in [3.63, 3.8) is 0 Å². The van der Waals surface area contributed by atoms with Crippen LogP contribution < -0.4 is 11.5 Å². The Bertz CT molecular complexity index is 216. The van der Waals surface area contributed by atoms with Crippen LogP contribution in [0.4, 0.5) is 0 Å². The van der Waals surface area contributed by atoms with E-state index >= 15 is 0 Å². The van der Waals surface area contributed by atoms with E-state index in [1.807, 2.05) is 0 Å². The second-order valence-electron chi connectivity index (χ2n) is 2.20. The molecule has 0 rings (SSSR count). The van der Waals surface area contributed by atoms with Gasteiger partial charge in [-0.1, -0.05) is 0 Å². The van der Waals surface area contributed by atoms with Gasteiger partial charge in [-0.2, -0.15) is 0 Å². The zero-order valence-electron chi connectivity index (χ0n) is 7.16. The van der Waals surface area contributed by atoms with Crippen molar-refractivity contribution in [3.8, 4) is 0 Å². The average Bonchev–Trinajstić information content (AvgIpc) is 1.98. The maximum Gasteiger partial charge on any atom is 0.692 e. The van der Waals surface area contributed by atoms with Gasteiger partial charge in [0.25, 0.3) is 0 Å². The summed E-state index contributed by atoms with van der Waals surface area (Å²) in [6.45, 7) is 0. The van der Waals surface area contributed by atoms with Crippen LogP contribution in [0, 0.1) is 0 Å². The summed E-state index contributed by atoms with van der Waals surface area (Å²) in [6, 6.07) is -0.979. The second-order valence-corrected chi connectivity index (χ2v) is 2.71. The van der Waals surface area contributed by atoms with E-state index in [2.05, 4.69) is 0 Å². The van der Waals surface area contributed by atoms with Gasteiger partial charge in [0.1, 0.15) is 6.04 Å². The fourth-order valence-corrected chi connectivity index (χ4v) is 0.421. The van der Waals surface area contributed by atoms with Crippen molar-refractivity contribution in [1.82, 2.24) is 0 Å². The van der Waals surface area contributed by atoms with Crippen LogP contribution in [0.25, 0.3) is 0 Å². The summed E-state index contributed by atoms with van der Waals surface area (Å²) in [7, 11) is -2.87. The van der Waals surface area contributed by atoms with E-state index in [9.17, 15) is 9.59 Å². The Morgan fingerprint density at radius 3 is 1.93 bits per heavy atom. The van der Waals surface area contributed by atoms with Crippen LogP contribution in [0.5, 0.6) is 0 Å².